The lowest BCUT2D eigenvalue weighted by Crippen LogP contribution is -2.56. The average Bonchev–Trinajstić information content (AvgIpc) is 2.41. The highest BCUT2D eigenvalue weighted by atomic mass is 16.4. The Kier molecular flexibility index (Phi) is 4.27. The van der Waals surface area contributed by atoms with Gasteiger partial charge in [-0.2, -0.15) is 0 Å². The second kappa shape index (κ2) is 5.94. The molecule has 1 fully saturated rings. The lowest BCUT2D eigenvalue weighted by Gasteiger charge is -2.42. The molecule has 0 aromatic heterocycles. The maximum absolute atomic E-state index is 12.0. The Balaban J connectivity index is 2.02. The van der Waals surface area contributed by atoms with E-state index in [0.717, 1.165) is 25.7 Å². The summed E-state index contributed by atoms with van der Waals surface area (Å²) in [6.45, 7) is 2.03. The fraction of sp³-hybridized carbons (Fsp3) is 0.467. The third kappa shape index (κ3) is 3.10. The summed E-state index contributed by atoms with van der Waals surface area (Å²) in [5.41, 5.74) is 0.415. The molecule has 108 valence electrons. The van der Waals surface area contributed by atoms with E-state index in [1.807, 2.05) is 13.0 Å². The quantitative estimate of drug-likeness (QED) is 0.773. The molecule has 0 unspecified atom stereocenters. The minimum atomic E-state index is -1.06. The lowest BCUT2D eigenvalue weighted by molar-refractivity contribution is -0.139. The third-order valence-electron chi connectivity index (χ3n) is 4.02. The number of carbonyl (C=O) groups is 2. The number of aliphatic carboxylic acids is 1. The molecule has 2 amide bonds. The summed E-state index contributed by atoms with van der Waals surface area (Å²) in [5.74, 6) is -1.06. The summed E-state index contributed by atoms with van der Waals surface area (Å²) in [4.78, 5) is 23.3. The Morgan fingerprint density at radius 1 is 1.30 bits per heavy atom. The molecular formula is C15H20N2O3. The van der Waals surface area contributed by atoms with Crippen molar-refractivity contribution in [1.82, 2.24) is 10.6 Å². The van der Waals surface area contributed by atoms with Crippen molar-refractivity contribution in [2.24, 2.45) is 0 Å². The molecule has 0 heterocycles. The molecule has 1 aromatic rings. The van der Waals surface area contributed by atoms with Crippen LogP contribution in [0.5, 0.6) is 0 Å². The van der Waals surface area contributed by atoms with Gasteiger partial charge in [-0.15, -0.1) is 0 Å². The van der Waals surface area contributed by atoms with Crippen LogP contribution in [0, 0.1) is 0 Å². The summed E-state index contributed by atoms with van der Waals surface area (Å²) in [7, 11) is 0. The van der Waals surface area contributed by atoms with E-state index in [1.54, 1.807) is 24.3 Å². The van der Waals surface area contributed by atoms with Crippen LogP contribution in [-0.4, -0.2) is 22.6 Å². The number of carboxylic acids is 1. The van der Waals surface area contributed by atoms with Crippen molar-refractivity contribution in [3.63, 3.8) is 0 Å². The van der Waals surface area contributed by atoms with Crippen LogP contribution in [0.1, 0.15) is 44.2 Å². The first-order valence-electron chi connectivity index (χ1n) is 6.93. The fourth-order valence-corrected chi connectivity index (χ4v) is 2.51. The van der Waals surface area contributed by atoms with Gasteiger partial charge in [-0.1, -0.05) is 37.3 Å². The Labute approximate surface area is 118 Å². The van der Waals surface area contributed by atoms with Crippen LogP contribution < -0.4 is 10.6 Å². The molecule has 20 heavy (non-hydrogen) atoms. The van der Waals surface area contributed by atoms with Gasteiger partial charge in [0.15, 0.2) is 6.04 Å². The number of rotatable bonds is 5. The molecule has 1 saturated carbocycles. The second-order valence-electron chi connectivity index (χ2n) is 5.27. The molecule has 0 saturated heterocycles. The number of nitrogens with one attached hydrogen (secondary N) is 2. The van der Waals surface area contributed by atoms with Gasteiger partial charge in [-0.3, -0.25) is 0 Å². The maximum Gasteiger partial charge on any atom is 0.330 e. The minimum absolute atomic E-state index is 0.149. The summed E-state index contributed by atoms with van der Waals surface area (Å²) in [6, 6.07) is 7.26. The molecule has 1 atom stereocenters. The SMILES string of the molecule is CCC1(NC(=O)N[C@H](C(=O)O)c2ccccc2)CCC1. The van der Waals surface area contributed by atoms with E-state index in [1.165, 1.54) is 0 Å². The summed E-state index contributed by atoms with van der Waals surface area (Å²) in [5, 5.41) is 14.7. The molecule has 1 aliphatic rings. The van der Waals surface area contributed by atoms with Crippen molar-refractivity contribution < 1.29 is 14.7 Å². The monoisotopic (exact) mass is 276 g/mol. The van der Waals surface area contributed by atoms with Crippen LogP contribution in [-0.2, 0) is 4.79 Å². The predicted octanol–water partition coefficient (Wildman–Crippen LogP) is 2.44. The van der Waals surface area contributed by atoms with Gasteiger partial charge >= 0.3 is 12.0 Å². The smallest absolute Gasteiger partial charge is 0.330 e. The lowest BCUT2D eigenvalue weighted by atomic mass is 9.75. The Morgan fingerprint density at radius 3 is 2.40 bits per heavy atom. The molecule has 5 nitrogen and oxygen atoms in total. The third-order valence-corrected chi connectivity index (χ3v) is 4.02. The van der Waals surface area contributed by atoms with E-state index in [4.69, 9.17) is 0 Å². The van der Waals surface area contributed by atoms with Crippen molar-refractivity contribution in [3.05, 3.63) is 35.9 Å². The number of amides is 2. The second-order valence-corrected chi connectivity index (χ2v) is 5.27. The van der Waals surface area contributed by atoms with Gasteiger partial charge < -0.3 is 15.7 Å². The molecule has 0 bridgehead atoms. The van der Waals surface area contributed by atoms with Crippen LogP contribution >= 0.6 is 0 Å². The minimum Gasteiger partial charge on any atom is -0.479 e. The molecule has 1 aliphatic carbocycles. The summed E-state index contributed by atoms with van der Waals surface area (Å²) in [6.07, 6.45) is 3.89. The normalized spacial score (nSPS) is 17.6. The van der Waals surface area contributed by atoms with Crippen LogP contribution in [0.15, 0.2) is 30.3 Å². The van der Waals surface area contributed by atoms with E-state index in [-0.39, 0.29) is 5.54 Å². The van der Waals surface area contributed by atoms with E-state index < -0.39 is 18.0 Å². The number of hydrogen-bond donors (Lipinski definition) is 3. The highest BCUT2D eigenvalue weighted by molar-refractivity contribution is 5.84. The Hall–Kier alpha value is -2.04. The zero-order valence-corrected chi connectivity index (χ0v) is 11.6. The number of benzene rings is 1. The number of urea groups is 1. The van der Waals surface area contributed by atoms with Gasteiger partial charge in [0.1, 0.15) is 0 Å². The van der Waals surface area contributed by atoms with Gasteiger partial charge in [0.25, 0.3) is 0 Å². The van der Waals surface area contributed by atoms with E-state index in [2.05, 4.69) is 10.6 Å². The molecule has 3 N–H and O–H groups in total. The van der Waals surface area contributed by atoms with Crippen LogP contribution in [0.25, 0.3) is 0 Å². The van der Waals surface area contributed by atoms with Crippen molar-refractivity contribution in [2.75, 3.05) is 0 Å². The van der Waals surface area contributed by atoms with Gasteiger partial charge in [0.2, 0.25) is 0 Å². The molecule has 1 aromatic carbocycles. The van der Waals surface area contributed by atoms with Gasteiger partial charge in [0, 0.05) is 5.54 Å². The first-order valence-corrected chi connectivity index (χ1v) is 6.93. The number of carboxylic acid groups (broad SMARTS) is 1. The van der Waals surface area contributed by atoms with Crippen LogP contribution in [0.3, 0.4) is 0 Å². The Morgan fingerprint density at radius 2 is 1.95 bits per heavy atom. The van der Waals surface area contributed by atoms with Crippen molar-refractivity contribution in [1.29, 1.82) is 0 Å². The molecule has 2 rings (SSSR count). The topological polar surface area (TPSA) is 78.4 Å². The molecule has 0 spiro atoms. The number of carbonyl (C=O) groups excluding carboxylic acids is 1. The number of hydrogen-bond acceptors (Lipinski definition) is 2. The average molecular weight is 276 g/mol. The molecule has 0 radical (unpaired) electrons. The highest BCUT2D eigenvalue weighted by Crippen LogP contribution is 2.34. The Bertz CT molecular complexity index is 478. The standard InChI is InChI=1S/C15H20N2O3/c1-2-15(9-6-10-15)17-14(20)16-12(13(18)19)11-7-4-3-5-8-11/h3-5,7-8,12H,2,6,9-10H2,1H3,(H,18,19)(H2,16,17,20)/t12-/m0/s1. The van der Waals surface area contributed by atoms with E-state index in [9.17, 15) is 14.7 Å². The fourth-order valence-electron chi connectivity index (χ4n) is 2.51. The van der Waals surface area contributed by atoms with Gasteiger partial charge in [-0.05, 0) is 31.2 Å². The van der Waals surface area contributed by atoms with Gasteiger partial charge in [0.05, 0.1) is 0 Å². The predicted molar refractivity (Wildman–Crippen MR) is 75.4 cm³/mol. The zero-order chi connectivity index (χ0) is 14.6. The molecule has 0 aliphatic heterocycles. The van der Waals surface area contributed by atoms with Crippen molar-refractivity contribution >= 4 is 12.0 Å². The first-order chi connectivity index (χ1) is 9.56. The summed E-state index contributed by atoms with van der Waals surface area (Å²) < 4.78 is 0. The zero-order valence-electron chi connectivity index (χ0n) is 11.6. The van der Waals surface area contributed by atoms with Crippen LogP contribution in [0.2, 0.25) is 0 Å². The van der Waals surface area contributed by atoms with Gasteiger partial charge in [-0.25, -0.2) is 9.59 Å². The highest BCUT2D eigenvalue weighted by Gasteiger charge is 2.37. The first kappa shape index (κ1) is 14.4. The van der Waals surface area contributed by atoms with E-state index in [0.29, 0.717) is 5.56 Å². The van der Waals surface area contributed by atoms with Crippen LogP contribution in [0.4, 0.5) is 4.79 Å². The van der Waals surface area contributed by atoms with E-state index >= 15 is 0 Å². The maximum atomic E-state index is 12.0. The van der Waals surface area contributed by atoms with Crippen molar-refractivity contribution in [2.45, 2.75) is 44.2 Å². The molecule has 5 heteroatoms. The summed E-state index contributed by atoms with van der Waals surface area (Å²) >= 11 is 0. The van der Waals surface area contributed by atoms with Crippen molar-refractivity contribution in [3.8, 4) is 0 Å². The largest absolute Gasteiger partial charge is 0.479 e. The molecular weight excluding hydrogens is 256 g/mol.